The Labute approximate surface area is 104 Å². The van der Waals surface area contributed by atoms with E-state index in [0.29, 0.717) is 12.6 Å². The highest BCUT2D eigenvalue weighted by Gasteiger charge is 2.30. The van der Waals surface area contributed by atoms with Crippen molar-refractivity contribution >= 4 is 0 Å². The molecule has 1 aliphatic rings. The van der Waals surface area contributed by atoms with Crippen LogP contribution < -0.4 is 11.1 Å². The Bertz CT molecular complexity index is 382. The number of alkyl halides is 3. The molecule has 0 amide bonds. The highest BCUT2D eigenvalue weighted by molar-refractivity contribution is 5.26. The fraction of sp³-hybridized carbons (Fsp3) is 0.538. The van der Waals surface area contributed by atoms with Gasteiger partial charge in [0, 0.05) is 18.6 Å². The minimum absolute atomic E-state index is 0.257. The van der Waals surface area contributed by atoms with Crippen molar-refractivity contribution in [3.8, 4) is 0 Å². The number of nitrogens with one attached hydrogen (secondary N) is 1. The van der Waals surface area contributed by atoms with Gasteiger partial charge in [-0.2, -0.15) is 13.2 Å². The summed E-state index contributed by atoms with van der Waals surface area (Å²) < 4.78 is 37.2. The van der Waals surface area contributed by atoms with E-state index in [-0.39, 0.29) is 6.04 Å². The van der Waals surface area contributed by atoms with Gasteiger partial charge in [-0.25, -0.2) is 0 Å². The smallest absolute Gasteiger partial charge is 0.323 e. The average Bonchev–Trinajstić information content (AvgIpc) is 2.26. The standard InChI is InChI=1S/C13H17F3N2/c14-13(15,16)10-6-4-9(5-7-10)12(17)8-18-11-2-1-3-11/h4-7,11-12,18H,1-3,8,17H2. The molecule has 0 radical (unpaired) electrons. The molecule has 2 rings (SSSR count). The maximum Gasteiger partial charge on any atom is 0.416 e. The van der Waals surface area contributed by atoms with Crippen LogP contribution in [-0.2, 0) is 6.18 Å². The van der Waals surface area contributed by atoms with Crippen LogP contribution in [0.1, 0.15) is 36.4 Å². The largest absolute Gasteiger partial charge is 0.416 e. The summed E-state index contributed by atoms with van der Waals surface area (Å²) in [5.74, 6) is 0. The maximum absolute atomic E-state index is 12.4. The van der Waals surface area contributed by atoms with Gasteiger partial charge in [0.15, 0.2) is 0 Å². The second-order valence-electron chi connectivity index (χ2n) is 4.76. The highest BCUT2D eigenvalue weighted by atomic mass is 19.4. The van der Waals surface area contributed by atoms with E-state index in [1.54, 1.807) is 0 Å². The SMILES string of the molecule is NC(CNC1CCC1)c1ccc(C(F)(F)F)cc1. The molecule has 0 heterocycles. The van der Waals surface area contributed by atoms with Crippen LogP contribution in [0.15, 0.2) is 24.3 Å². The van der Waals surface area contributed by atoms with Crippen LogP contribution in [0.5, 0.6) is 0 Å². The van der Waals surface area contributed by atoms with Gasteiger partial charge in [-0.1, -0.05) is 18.6 Å². The van der Waals surface area contributed by atoms with Gasteiger partial charge in [0.2, 0.25) is 0 Å². The number of benzene rings is 1. The molecule has 1 aromatic rings. The van der Waals surface area contributed by atoms with Gasteiger partial charge < -0.3 is 11.1 Å². The van der Waals surface area contributed by atoms with Crippen LogP contribution >= 0.6 is 0 Å². The normalized spacial score (nSPS) is 18.4. The third kappa shape index (κ3) is 3.23. The first kappa shape index (κ1) is 13.4. The first-order valence-corrected chi connectivity index (χ1v) is 6.13. The van der Waals surface area contributed by atoms with Crippen LogP contribution in [0.4, 0.5) is 13.2 Å². The summed E-state index contributed by atoms with van der Waals surface area (Å²) in [6.45, 7) is 0.607. The molecule has 1 fully saturated rings. The minimum atomic E-state index is -4.28. The molecular formula is C13H17F3N2. The summed E-state index contributed by atoms with van der Waals surface area (Å²) in [5.41, 5.74) is 6.03. The molecule has 0 bridgehead atoms. The number of rotatable bonds is 4. The van der Waals surface area contributed by atoms with Crippen molar-refractivity contribution in [2.24, 2.45) is 5.73 Å². The molecule has 2 nitrogen and oxygen atoms in total. The van der Waals surface area contributed by atoms with E-state index in [1.165, 1.54) is 31.4 Å². The topological polar surface area (TPSA) is 38.0 Å². The molecule has 1 aromatic carbocycles. The summed E-state index contributed by atoms with van der Waals surface area (Å²) in [5, 5.41) is 3.31. The quantitative estimate of drug-likeness (QED) is 0.871. The maximum atomic E-state index is 12.4. The van der Waals surface area contributed by atoms with Crippen LogP contribution in [0.2, 0.25) is 0 Å². The lowest BCUT2D eigenvalue weighted by Gasteiger charge is -2.28. The molecular weight excluding hydrogens is 241 g/mol. The molecule has 0 spiro atoms. The van der Waals surface area contributed by atoms with E-state index in [9.17, 15) is 13.2 Å². The molecule has 1 saturated carbocycles. The Morgan fingerprint density at radius 2 is 1.83 bits per heavy atom. The Morgan fingerprint density at radius 3 is 2.28 bits per heavy atom. The van der Waals surface area contributed by atoms with Crippen molar-refractivity contribution in [1.29, 1.82) is 0 Å². The van der Waals surface area contributed by atoms with E-state index in [0.717, 1.165) is 17.7 Å². The first-order valence-electron chi connectivity index (χ1n) is 6.13. The summed E-state index contributed by atoms with van der Waals surface area (Å²) in [4.78, 5) is 0. The van der Waals surface area contributed by atoms with Crippen LogP contribution in [0, 0.1) is 0 Å². The Morgan fingerprint density at radius 1 is 1.22 bits per heavy atom. The van der Waals surface area contributed by atoms with Gasteiger partial charge in [-0.05, 0) is 30.5 Å². The van der Waals surface area contributed by atoms with Gasteiger partial charge in [-0.15, -0.1) is 0 Å². The Balaban J connectivity index is 1.91. The van der Waals surface area contributed by atoms with E-state index in [2.05, 4.69) is 5.32 Å². The van der Waals surface area contributed by atoms with Crippen molar-refractivity contribution in [1.82, 2.24) is 5.32 Å². The molecule has 3 N–H and O–H groups in total. The lowest BCUT2D eigenvalue weighted by atomic mass is 9.93. The lowest BCUT2D eigenvalue weighted by molar-refractivity contribution is -0.137. The number of halogens is 3. The second-order valence-corrected chi connectivity index (χ2v) is 4.76. The highest BCUT2D eigenvalue weighted by Crippen LogP contribution is 2.29. The summed E-state index contributed by atoms with van der Waals surface area (Å²) >= 11 is 0. The second kappa shape index (κ2) is 5.28. The zero-order valence-electron chi connectivity index (χ0n) is 10.0. The average molecular weight is 258 g/mol. The van der Waals surface area contributed by atoms with Gasteiger partial charge in [-0.3, -0.25) is 0 Å². The third-order valence-electron chi connectivity index (χ3n) is 3.40. The molecule has 0 aliphatic heterocycles. The monoisotopic (exact) mass is 258 g/mol. The molecule has 1 aliphatic carbocycles. The van der Waals surface area contributed by atoms with Crippen molar-refractivity contribution < 1.29 is 13.2 Å². The predicted octanol–water partition coefficient (Wildman–Crippen LogP) is 2.85. The molecule has 100 valence electrons. The van der Waals surface area contributed by atoms with E-state index < -0.39 is 11.7 Å². The number of hydrogen-bond acceptors (Lipinski definition) is 2. The number of nitrogens with two attached hydrogens (primary N) is 1. The van der Waals surface area contributed by atoms with E-state index >= 15 is 0 Å². The molecule has 1 unspecified atom stereocenters. The molecule has 18 heavy (non-hydrogen) atoms. The fourth-order valence-electron chi connectivity index (χ4n) is 1.94. The van der Waals surface area contributed by atoms with Gasteiger partial charge in [0.05, 0.1) is 5.56 Å². The fourth-order valence-corrected chi connectivity index (χ4v) is 1.94. The van der Waals surface area contributed by atoms with Crippen LogP contribution in [-0.4, -0.2) is 12.6 Å². The summed E-state index contributed by atoms with van der Waals surface area (Å²) in [7, 11) is 0. The summed E-state index contributed by atoms with van der Waals surface area (Å²) in [6.07, 6.45) is -0.709. The zero-order chi connectivity index (χ0) is 13.2. The number of hydrogen-bond donors (Lipinski definition) is 2. The molecule has 5 heteroatoms. The molecule has 0 saturated heterocycles. The Hall–Kier alpha value is -1.07. The Kier molecular flexibility index (Phi) is 3.92. The van der Waals surface area contributed by atoms with E-state index in [1.807, 2.05) is 0 Å². The predicted molar refractivity (Wildman–Crippen MR) is 64.0 cm³/mol. The lowest BCUT2D eigenvalue weighted by Crippen LogP contribution is -2.39. The van der Waals surface area contributed by atoms with Crippen molar-refractivity contribution in [3.05, 3.63) is 35.4 Å². The van der Waals surface area contributed by atoms with Crippen molar-refractivity contribution in [2.75, 3.05) is 6.54 Å². The first-order chi connectivity index (χ1) is 8.47. The van der Waals surface area contributed by atoms with Crippen LogP contribution in [0.3, 0.4) is 0 Å². The van der Waals surface area contributed by atoms with Gasteiger partial charge >= 0.3 is 6.18 Å². The van der Waals surface area contributed by atoms with Gasteiger partial charge in [0.25, 0.3) is 0 Å². The molecule has 0 aromatic heterocycles. The van der Waals surface area contributed by atoms with Gasteiger partial charge in [0.1, 0.15) is 0 Å². The zero-order valence-corrected chi connectivity index (χ0v) is 10.0. The van der Waals surface area contributed by atoms with E-state index in [4.69, 9.17) is 5.73 Å². The summed E-state index contributed by atoms with van der Waals surface area (Å²) in [6, 6.07) is 5.35. The minimum Gasteiger partial charge on any atom is -0.323 e. The van der Waals surface area contributed by atoms with Crippen molar-refractivity contribution in [2.45, 2.75) is 37.5 Å². The van der Waals surface area contributed by atoms with Crippen molar-refractivity contribution in [3.63, 3.8) is 0 Å². The molecule has 1 atom stereocenters. The van der Waals surface area contributed by atoms with Crippen LogP contribution in [0.25, 0.3) is 0 Å². The third-order valence-corrected chi connectivity index (χ3v) is 3.40.